The molecule has 2 rings (SSSR count). The van der Waals surface area contributed by atoms with Crippen LogP contribution in [0.5, 0.6) is 0 Å². The summed E-state index contributed by atoms with van der Waals surface area (Å²) in [6.45, 7) is 10.4. The Hall–Kier alpha value is -0.340. The Kier molecular flexibility index (Phi) is 3.39. The maximum absolute atomic E-state index is 10.5. The molecule has 0 aromatic rings. The van der Waals surface area contributed by atoms with E-state index in [-0.39, 0.29) is 5.92 Å². The van der Waals surface area contributed by atoms with Gasteiger partial charge in [0.25, 0.3) is 0 Å². The molecule has 0 bridgehead atoms. The highest BCUT2D eigenvalue weighted by molar-refractivity contribution is 5.14. The molecule has 98 valence electrons. The molecule has 0 radical (unpaired) electrons. The minimum atomic E-state index is -0.911. The molecule has 2 aliphatic rings. The summed E-state index contributed by atoms with van der Waals surface area (Å²) in [6.07, 6.45) is 3.30. The van der Waals surface area contributed by atoms with E-state index in [4.69, 9.17) is 0 Å². The third-order valence-corrected chi connectivity index (χ3v) is 5.10. The first-order chi connectivity index (χ1) is 7.84. The normalized spacial score (nSPS) is 47.1. The third-order valence-electron chi connectivity index (χ3n) is 5.10. The molecule has 0 amide bonds. The van der Waals surface area contributed by atoms with Crippen molar-refractivity contribution in [2.24, 2.45) is 23.7 Å². The van der Waals surface area contributed by atoms with Crippen LogP contribution in [-0.4, -0.2) is 21.9 Å². The SMILES string of the molecule is C=C1CC[C@@H](C(C)C)[C@H]2[C@H]1CC[C@](C)(O)[C@H]2O. The van der Waals surface area contributed by atoms with E-state index in [1.165, 1.54) is 5.57 Å². The van der Waals surface area contributed by atoms with Crippen LogP contribution in [0.15, 0.2) is 12.2 Å². The molecule has 0 aromatic carbocycles. The fourth-order valence-electron chi connectivity index (χ4n) is 3.94. The standard InChI is InChI=1S/C15H26O2/c1-9(2)11-6-5-10(3)12-7-8-15(4,17)14(16)13(11)12/h9,11-14,16-17H,3,5-8H2,1-2,4H3/t11-,12-,13-,14-,15-/m0/s1. The van der Waals surface area contributed by atoms with Crippen LogP contribution in [0.2, 0.25) is 0 Å². The van der Waals surface area contributed by atoms with Crippen molar-refractivity contribution in [2.75, 3.05) is 0 Å². The van der Waals surface area contributed by atoms with Crippen molar-refractivity contribution in [3.63, 3.8) is 0 Å². The summed E-state index contributed by atoms with van der Waals surface area (Å²) in [5, 5.41) is 20.8. The number of hydrogen-bond acceptors (Lipinski definition) is 2. The molecule has 0 saturated heterocycles. The van der Waals surface area contributed by atoms with Crippen molar-refractivity contribution in [2.45, 2.75) is 58.2 Å². The Morgan fingerprint density at radius 1 is 1.35 bits per heavy atom. The predicted molar refractivity (Wildman–Crippen MR) is 69.5 cm³/mol. The van der Waals surface area contributed by atoms with Gasteiger partial charge >= 0.3 is 0 Å². The molecule has 2 heteroatoms. The van der Waals surface area contributed by atoms with Crippen LogP contribution in [0.25, 0.3) is 0 Å². The highest BCUT2D eigenvalue weighted by atomic mass is 16.3. The van der Waals surface area contributed by atoms with Gasteiger partial charge in [0, 0.05) is 0 Å². The maximum Gasteiger partial charge on any atom is 0.0880 e. The predicted octanol–water partition coefficient (Wildman–Crippen LogP) is 2.75. The first-order valence-electron chi connectivity index (χ1n) is 6.92. The number of aliphatic hydroxyl groups excluding tert-OH is 1. The number of allylic oxidation sites excluding steroid dienone is 1. The lowest BCUT2D eigenvalue weighted by Crippen LogP contribution is -2.55. The average Bonchev–Trinajstić information content (AvgIpc) is 2.24. The monoisotopic (exact) mass is 238 g/mol. The Balaban J connectivity index is 2.28. The van der Waals surface area contributed by atoms with Gasteiger partial charge in [-0.15, -0.1) is 0 Å². The summed E-state index contributed by atoms with van der Waals surface area (Å²) in [6, 6.07) is 0. The lowest BCUT2D eigenvalue weighted by molar-refractivity contribution is -0.149. The van der Waals surface area contributed by atoms with Crippen LogP contribution in [0.3, 0.4) is 0 Å². The summed E-state index contributed by atoms with van der Waals surface area (Å²) in [4.78, 5) is 0. The Bertz CT molecular complexity index is 304. The minimum Gasteiger partial charge on any atom is -0.390 e. The molecule has 0 aliphatic heterocycles. The zero-order chi connectivity index (χ0) is 12.8. The Morgan fingerprint density at radius 2 is 2.00 bits per heavy atom. The van der Waals surface area contributed by atoms with Gasteiger partial charge in [-0.1, -0.05) is 26.0 Å². The van der Waals surface area contributed by atoms with E-state index in [0.717, 1.165) is 19.3 Å². The molecule has 0 aromatic heterocycles. The first-order valence-corrected chi connectivity index (χ1v) is 6.92. The Morgan fingerprint density at radius 3 is 2.59 bits per heavy atom. The van der Waals surface area contributed by atoms with Gasteiger partial charge in [0.15, 0.2) is 0 Å². The van der Waals surface area contributed by atoms with Crippen molar-refractivity contribution in [3.8, 4) is 0 Å². The number of fused-ring (bicyclic) bond motifs is 1. The second-order valence-corrected chi connectivity index (χ2v) is 6.63. The minimum absolute atomic E-state index is 0.208. The molecule has 5 atom stereocenters. The van der Waals surface area contributed by atoms with Gasteiger partial charge in [-0.05, 0) is 56.3 Å². The van der Waals surface area contributed by atoms with E-state index in [0.29, 0.717) is 24.2 Å². The van der Waals surface area contributed by atoms with E-state index in [9.17, 15) is 10.2 Å². The van der Waals surface area contributed by atoms with E-state index < -0.39 is 11.7 Å². The van der Waals surface area contributed by atoms with Gasteiger partial charge in [-0.3, -0.25) is 0 Å². The fraction of sp³-hybridized carbons (Fsp3) is 0.867. The molecule has 0 spiro atoms. The highest BCUT2D eigenvalue weighted by Gasteiger charge is 2.50. The lowest BCUT2D eigenvalue weighted by Gasteiger charge is -2.51. The molecule has 2 fully saturated rings. The van der Waals surface area contributed by atoms with Crippen LogP contribution in [0, 0.1) is 23.7 Å². The quantitative estimate of drug-likeness (QED) is 0.690. The second kappa shape index (κ2) is 4.40. The van der Waals surface area contributed by atoms with Crippen LogP contribution >= 0.6 is 0 Å². The van der Waals surface area contributed by atoms with Gasteiger partial charge < -0.3 is 10.2 Å². The summed E-state index contributed by atoms with van der Waals surface area (Å²) in [7, 11) is 0. The molecule has 0 heterocycles. The van der Waals surface area contributed by atoms with Crippen molar-refractivity contribution in [1.29, 1.82) is 0 Å². The fourth-order valence-corrected chi connectivity index (χ4v) is 3.94. The van der Waals surface area contributed by atoms with Gasteiger partial charge in [-0.25, -0.2) is 0 Å². The van der Waals surface area contributed by atoms with Gasteiger partial charge in [0.05, 0.1) is 11.7 Å². The van der Waals surface area contributed by atoms with Gasteiger partial charge in [-0.2, -0.15) is 0 Å². The van der Waals surface area contributed by atoms with E-state index >= 15 is 0 Å². The second-order valence-electron chi connectivity index (χ2n) is 6.63. The van der Waals surface area contributed by atoms with Crippen LogP contribution in [0.4, 0.5) is 0 Å². The van der Waals surface area contributed by atoms with Crippen LogP contribution in [0.1, 0.15) is 46.5 Å². The van der Waals surface area contributed by atoms with Crippen molar-refractivity contribution >= 4 is 0 Å². The molecule has 0 unspecified atom stereocenters. The Labute approximate surface area is 105 Å². The highest BCUT2D eigenvalue weighted by Crippen LogP contribution is 2.50. The molecule has 2 nitrogen and oxygen atoms in total. The first kappa shape index (κ1) is 13.1. The van der Waals surface area contributed by atoms with Crippen molar-refractivity contribution in [1.82, 2.24) is 0 Å². The van der Waals surface area contributed by atoms with Gasteiger partial charge in [0.2, 0.25) is 0 Å². The van der Waals surface area contributed by atoms with Crippen LogP contribution in [-0.2, 0) is 0 Å². The summed E-state index contributed by atoms with van der Waals surface area (Å²) < 4.78 is 0. The molecular formula is C15H26O2. The summed E-state index contributed by atoms with van der Waals surface area (Å²) in [5.41, 5.74) is 0.382. The molecule has 2 aliphatic carbocycles. The zero-order valence-corrected chi connectivity index (χ0v) is 11.3. The lowest BCUT2D eigenvalue weighted by atomic mass is 9.57. The van der Waals surface area contributed by atoms with E-state index in [1.807, 2.05) is 0 Å². The largest absolute Gasteiger partial charge is 0.390 e. The smallest absolute Gasteiger partial charge is 0.0880 e. The van der Waals surface area contributed by atoms with Crippen molar-refractivity contribution in [3.05, 3.63) is 12.2 Å². The van der Waals surface area contributed by atoms with Crippen molar-refractivity contribution < 1.29 is 10.2 Å². The zero-order valence-electron chi connectivity index (χ0n) is 11.3. The topological polar surface area (TPSA) is 40.5 Å². The maximum atomic E-state index is 10.5. The van der Waals surface area contributed by atoms with Gasteiger partial charge in [0.1, 0.15) is 0 Å². The molecule has 17 heavy (non-hydrogen) atoms. The number of aliphatic hydroxyl groups is 2. The number of rotatable bonds is 1. The molecule has 2 saturated carbocycles. The third kappa shape index (κ3) is 2.17. The van der Waals surface area contributed by atoms with E-state index in [2.05, 4.69) is 20.4 Å². The van der Waals surface area contributed by atoms with E-state index in [1.54, 1.807) is 6.92 Å². The molecular weight excluding hydrogens is 212 g/mol. The average molecular weight is 238 g/mol. The molecule has 2 N–H and O–H groups in total. The number of hydrogen-bond donors (Lipinski definition) is 2. The van der Waals surface area contributed by atoms with Crippen LogP contribution < -0.4 is 0 Å². The summed E-state index contributed by atoms with van der Waals surface area (Å²) >= 11 is 0. The summed E-state index contributed by atoms with van der Waals surface area (Å²) in [5.74, 6) is 1.72.